The number of carbonyl (C=O) groups excluding carboxylic acids is 1. The second-order valence-corrected chi connectivity index (χ2v) is 5.80. The Morgan fingerprint density at radius 3 is 1.64 bits per heavy atom. The maximum absolute atomic E-state index is 10.4. The van der Waals surface area contributed by atoms with Crippen molar-refractivity contribution >= 4 is 5.97 Å². The van der Waals surface area contributed by atoms with Gasteiger partial charge in [0.2, 0.25) is 0 Å². The summed E-state index contributed by atoms with van der Waals surface area (Å²) in [5, 5.41) is 0. The van der Waals surface area contributed by atoms with Gasteiger partial charge in [0.15, 0.2) is 0 Å². The van der Waals surface area contributed by atoms with E-state index in [4.69, 9.17) is 4.74 Å². The van der Waals surface area contributed by atoms with Crippen molar-refractivity contribution in [2.24, 2.45) is 0 Å². The van der Waals surface area contributed by atoms with Gasteiger partial charge in [0.1, 0.15) is 0 Å². The Morgan fingerprint density at radius 2 is 1.20 bits per heavy atom. The number of ether oxygens (including phenoxy) is 1. The van der Waals surface area contributed by atoms with E-state index in [2.05, 4.69) is 69.4 Å². The molecule has 0 fully saturated rings. The highest BCUT2D eigenvalue weighted by atomic mass is 16.5. The number of esters is 1. The molecule has 0 aliphatic rings. The second-order valence-electron chi connectivity index (χ2n) is 5.80. The van der Waals surface area contributed by atoms with E-state index in [1.165, 1.54) is 26.2 Å². The van der Waals surface area contributed by atoms with E-state index >= 15 is 0 Å². The summed E-state index contributed by atoms with van der Waals surface area (Å²) in [5.41, 5.74) is 0. The molecule has 2 nitrogen and oxygen atoms in total. The Balaban J connectivity index is 0. The van der Waals surface area contributed by atoms with Crippen LogP contribution in [0.2, 0.25) is 0 Å². The predicted molar refractivity (Wildman–Crippen MR) is 112 cm³/mol. The van der Waals surface area contributed by atoms with Crippen molar-refractivity contribution in [3.05, 3.63) is 48.6 Å². The lowest BCUT2D eigenvalue weighted by Gasteiger charge is -1.97. The summed E-state index contributed by atoms with van der Waals surface area (Å²) < 4.78 is 4.80. The van der Waals surface area contributed by atoms with Gasteiger partial charge in [-0.3, -0.25) is 4.79 Å². The SMILES string of the molecule is CC/C=C\C/C=C\CCCC.CC/C=C\C/C=C\CCCOC(C)=O. The summed E-state index contributed by atoms with van der Waals surface area (Å²) in [7, 11) is 0. The smallest absolute Gasteiger partial charge is 0.302 e. The van der Waals surface area contributed by atoms with Crippen LogP contribution in [0.15, 0.2) is 48.6 Å². The van der Waals surface area contributed by atoms with Crippen LogP contribution in [0.3, 0.4) is 0 Å². The molecule has 0 saturated carbocycles. The van der Waals surface area contributed by atoms with Gasteiger partial charge < -0.3 is 4.74 Å². The van der Waals surface area contributed by atoms with Crippen LogP contribution >= 0.6 is 0 Å². The standard InChI is InChI=1S/C12H20O2.C11H20/c1-3-4-5-6-7-8-9-10-11-14-12(2)13;1-3-5-7-9-11-10-8-6-4-2/h4-5,7-8H,3,6,9-11H2,1-2H3;5,7,10-11H,3-4,6,8-9H2,1-2H3/b5-4-,8-7-;7-5-,11-10-. The second kappa shape index (κ2) is 24.7. The first-order valence-electron chi connectivity index (χ1n) is 9.92. The third-order valence-corrected chi connectivity index (χ3v) is 3.23. The Labute approximate surface area is 156 Å². The molecule has 0 saturated heterocycles. The minimum absolute atomic E-state index is 0.195. The molecule has 0 aromatic carbocycles. The van der Waals surface area contributed by atoms with Gasteiger partial charge in [0.25, 0.3) is 0 Å². The van der Waals surface area contributed by atoms with E-state index in [1.54, 1.807) is 0 Å². The number of hydrogen-bond acceptors (Lipinski definition) is 2. The van der Waals surface area contributed by atoms with Crippen LogP contribution in [0, 0.1) is 0 Å². The fourth-order valence-electron chi connectivity index (χ4n) is 1.85. The summed E-state index contributed by atoms with van der Waals surface area (Å²) in [6.07, 6.45) is 27.7. The lowest BCUT2D eigenvalue weighted by Crippen LogP contribution is -1.99. The van der Waals surface area contributed by atoms with Crippen LogP contribution < -0.4 is 0 Å². The summed E-state index contributed by atoms with van der Waals surface area (Å²) in [4.78, 5) is 10.4. The molecule has 0 aliphatic carbocycles. The average Bonchev–Trinajstić information content (AvgIpc) is 2.60. The Hall–Kier alpha value is -1.57. The number of hydrogen-bond donors (Lipinski definition) is 0. The zero-order valence-electron chi connectivity index (χ0n) is 17.0. The van der Waals surface area contributed by atoms with Crippen molar-refractivity contribution in [1.82, 2.24) is 0 Å². The fourth-order valence-corrected chi connectivity index (χ4v) is 1.85. The molecular weight excluding hydrogens is 308 g/mol. The molecule has 0 amide bonds. The van der Waals surface area contributed by atoms with Gasteiger partial charge in [0, 0.05) is 6.92 Å². The molecule has 0 spiro atoms. The van der Waals surface area contributed by atoms with Gasteiger partial charge in [-0.15, -0.1) is 0 Å². The average molecular weight is 349 g/mol. The quantitative estimate of drug-likeness (QED) is 0.198. The van der Waals surface area contributed by atoms with Gasteiger partial charge in [-0.25, -0.2) is 0 Å². The van der Waals surface area contributed by atoms with Crippen LogP contribution in [-0.2, 0) is 9.53 Å². The lowest BCUT2D eigenvalue weighted by molar-refractivity contribution is -0.141. The van der Waals surface area contributed by atoms with Crippen molar-refractivity contribution in [2.75, 3.05) is 6.61 Å². The summed E-state index contributed by atoms with van der Waals surface area (Å²) in [6, 6.07) is 0. The van der Waals surface area contributed by atoms with Gasteiger partial charge in [0.05, 0.1) is 6.61 Å². The molecule has 0 heterocycles. The monoisotopic (exact) mass is 348 g/mol. The minimum Gasteiger partial charge on any atom is -0.466 e. The van der Waals surface area contributed by atoms with Crippen molar-refractivity contribution in [3.8, 4) is 0 Å². The summed E-state index contributed by atoms with van der Waals surface area (Å²) in [6.45, 7) is 8.48. The van der Waals surface area contributed by atoms with Crippen molar-refractivity contribution < 1.29 is 9.53 Å². The highest BCUT2D eigenvalue weighted by Gasteiger charge is 1.89. The Morgan fingerprint density at radius 1 is 0.720 bits per heavy atom. The van der Waals surface area contributed by atoms with Gasteiger partial charge in [-0.2, -0.15) is 0 Å². The molecule has 0 atom stereocenters. The maximum Gasteiger partial charge on any atom is 0.302 e. The minimum atomic E-state index is -0.195. The molecule has 0 N–H and O–H groups in total. The van der Waals surface area contributed by atoms with Gasteiger partial charge in [-0.1, -0.05) is 82.2 Å². The van der Waals surface area contributed by atoms with Crippen LogP contribution in [0.4, 0.5) is 0 Å². The summed E-state index contributed by atoms with van der Waals surface area (Å²) in [5.74, 6) is -0.195. The first-order chi connectivity index (χ1) is 12.2. The molecule has 0 radical (unpaired) electrons. The third-order valence-electron chi connectivity index (χ3n) is 3.23. The zero-order chi connectivity index (χ0) is 19.0. The lowest BCUT2D eigenvalue weighted by atomic mass is 10.2. The van der Waals surface area contributed by atoms with Crippen molar-refractivity contribution in [3.63, 3.8) is 0 Å². The number of rotatable bonds is 13. The number of unbranched alkanes of at least 4 members (excludes halogenated alkanes) is 3. The molecule has 0 bridgehead atoms. The third kappa shape index (κ3) is 30.8. The molecule has 25 heavy (non-hydrogen) atoms. The van der Waals surface area contributed by atoms with E-state index in [0.29, 0.717) is 6.61 Å². The zero-order valence-corrected chi connectivity index (χ0v) is 17.0. The van der Waals surface area contributed by atoms with E-state index < -0.39 is 0 Å². The predicted octanol–water partition coefficient (Wildman–Crippen LogP) is 7.33. The van der Waals surface area contributed by atoms with Gasteiger partial charge >= 0.3 is 5.97 Å². The Kier molecular flexibility index (Phi) is 25.3. The van der Waals surface area contributed by atoms with E-state index in [1.807, 2.05) is 0 Å². The molecule has 0 unspecified atom stereocenters. The highest BCUT2D eigenvalue weighted by Crippen LogP contribution is 1.97. The largest absolute Gasteiger partial charge is 0.466 e. The molecule has 0 aromatic heterocycles. The van der Waals surface area contributed by atoms with Crippen molar-refractivity contribution in [1.29, 1.82) is 0 Å². The van der Waals surface area contributed by atoms with Crippen LogP contribution in [0.5, 0.6) is 0 Å². The molecule has 144 valence electrons. The highest BCUT2D eigenvalue weighted by molar-refractivity contribution is 5.65. The first kappa shape index (κ1) is 25.7. The van der Waals surface area contributed by atoms with Crippen LogP contribution in [0.1, 0.15) is 85.5 Å². The topological polar surface area (TPSA) is 26.3 Å². The molecule has 2 heteroatoms. The van der Waals surface area contributed by atoms with E-state index in [0.717, 1.165) is 38.5 Å². The number of allylic oxidation sites excluding steroid dienone is 8. The van der Waals surface area contributed by atoms with Crippen LogP contribution in [-0.4, -0.2) is 12.6 Å². The number of carbonyl (C=O) groups is 1. The maximum atomic E-state index is 10.4. The van der Waals surface area contributed by atoms with Crippen LogP contribution in [0.25, 0.3) is 0 Å². The Bertz CT molecular complexity index is 376. The first-order valence-corrected chi connectivity index (χ1v) is 9.92. The molecular formula is C23H40O2. The van der Waals surface area contributed by atoms with E-state index in [-0.39, 0.29) is 5.97 Å². The summed E-state index contributed by atoms with van der Waals surface area (Å²) >= 11 is 0. The normalized spacial score (nSPS) is 11.5. The fraction of sp³-hybridized carbons (Fsp3) is 0.609. The van der Waals surface area contributed by atoms with Gasteiger partial charge in [-0.05, 0) is 44.9 Å². The molecule has 0 aromatic rings. The molecule has 0 rings (SSSR count). The van der Waals surface area contributed by atoms with E-state index in [9.17, 15) is 4.79 Å². The molecule has 0 aliphatic heterocycles. The van der Waals surface area contributed by atoms with Crippen molar-refractivity contribution in [2.45, 2.75) is 85.5 Å².